The van der Waals surface area contributed by atoms with Gasteiger partial charge < -0.3 is 16.3 Å². The van der Waals surface area contributed by atoms with Crippen LogP contribution in [0.5, 0.6) is 0 Å². The minimum atomic E-state index is -3.13. The number of nitrogens with one attached hydrogen (secondary N) is 2. The summed E-state index contributed by atoms with van der Waals surface area (Å²) in [6.07, 6.45) is 1.08. The van der Waals surface area contributed by atoms with E-state index >= 15 is 0 Å². The molecule has 8 heteroatoms. The molecule has 0 fully saturated rings. The number of hydrogen-bond acceptors (Lipinski definition) is 5. The molecule has 0 rings (SSSR count). The van der Waals surface area contributed by atoms with Crippen molar-refractivity contribution in [2.75, 3.05) is 25.9 Å². The Morgan fingerprint density at radius 2 is 2.15 bits per heavy atom. The van der Waals surface area contributed by atoms with E-state index in [1.54, 1.807) is 0 Å². The SMILES string of the molecule is CS(=O)(=O)NCCNCC(N)=NO. The van der Waals surface area contributed by atoms with E-state index in [0.717, 1.165) is 6.26 Å². The lowest BCUT2D eigenvalue weighted by Crippen LogP contribution is -2.35. The number of nitrogens with zero attached hydrogens (tertiary/aromatic N) is 1. The smallest absolute Gasteiger partial charge is 0.208 e. The van der Waals surface area contributed by atoms with Crippen LogP contribution in [-0.4, -0.2) is 45.4 Å². The van der Waals surface area contributed by atoms with Crippen LogP contribution in [0.15, 0.2) is 5.16 Å². The molecule has 0 aliphatic rings. The van der Waals surface area contributed by atoms with Crippen molar-refractivity contribution in [1.29, 1.82) is 0 Å². The van der Waals surface area contributed by atoms with E-state index in [1.165, 1.54) is 0 Å². The second kappa shape index (κ2) is 5.73. The molecule has 0 heterocycles. The molecule has 0 atom stereocenters. The zero-order valence-electron chi connectivity index (χ0n) is 7.32. The van der Waals surface area contributed by atoms with Gasteiger partial charge in [-0.2, -0.15) is 0 Å². The average Bonchev–Trinajstić information content (AvgIpc) is 2.01. The van der Waals surface area contributed by atoms with Crippen LogP contribution in [0.1, 0.15) is 0 Å². The maximum absolute atomic E-state index is 10.6. The van der Waals surface area contributed by atoms with Crippen LogP contribution in [0.3, 0.4) is 0 Å². The Bertz CT molecular complexity index is 261. The fourth-order valence-corrected chi connectivity index (χ4v) is 1.05. The van der Waals surface area contributed by atoms with E-state index in [0.29, 0.717) is 6.54 Å². The van der Waals surface area contributed by atoms with Crippen LogP contribution in [0.2, 0.25) is 0 Å². The number of nitrogens with two attached hydrogens (primary N) is 1. The summed E-state index contributed by atoms with van der Waals surface area (Å²) >= 11 is 0. The molecule has 0 aliphatic heterocycles. The van der Waals surface area contributed by atoms with Gasteiger partial charge in [0.05, 0.1) is 12.8 Å². The van der Waals surface area contributed by atoms with Crippen molar-refractivity contribution in [2.45, 2.75) is 0 Å². The maximum Gasteiger partial charge on any atom is 0.208 e. The minimum absolute atomic E-state index is 0.0550. The topological polar surface area (TPSA) is 117 Å². The second-order valence-electron chi connectivity index (χ2n) is 2.43. The van der Waals surface area contributed by atoms with Gasteiger partial charge in [0, 0.05) is 13.1 Å². The van der Waals surface area contributed by atoms with Gasteiger partial charge in [-0.3, -0.25) is 0 Å². The molecule has 7 nitrogen and oxygen atoms in total. The number of rotatable bonds is 6. The third-order valence-corrected chi connectivity index (χ3v) is 1.83. The van der Waals surface area contributed by atoms with Gasteiger partial charge in [-0.25, -0.2) is 13.1 Å². The van der Waals surface area contributed by atoms with Crippen LogP contribution >= 0.6 is 0 Å². The van der Waals surface area contributed by atoms with Crippen LogP contribution in [0.25, 0.3) is 0 Å². The second-order valence-corrected chi connectivity index (χ2v) is 4.27. The molecular weight excluding hydrogens is 196 g/mol. The highest BCUT2D eigenvalue weighted by Gasteiger charge is 1.98. The summed E-state index contributed by atoms with van der Waals surface area (Å²) in [5.74, 6) is 0.0550. The lowest BCUT2D eigenvalue weighted by atomic mass is 10.5. The Balaban J connectivity index is 3.38. The Kier molecular flexibility index (Phi) is 5.35. The monoisotopic (exact) mass is 210 g/mol. The summed E-state index contributed by atoms with van der Waals surface area (Å²) in [7, 11) is -3.13. The van der Waals surface area contributed by atoms with Crippen LogP contribution in [-0.2, 0) is 10.0 Å². The number of amidine groups is 1. The molecule has 0 unspecified atom stereocenters. The van der Waals surface area contributed by atoms with Gasteiger partial charge in [0.25, 0.3) is 0 Å². The van der Waals surface area contributed by atoms with E-state index < -0.39 is 10.0 Å². The zero-order valence-corrected chi connectivity index (χ0v) is 8.13. The predicted molar refractivity (Wildman–Crippen MR) is 49.1 cm³/mol. The van der Waals surface area contributed by atoms with Gasteiger partial charge in [0.15, 0.2) is 5.84 Å². The maximum atomic E-state index is 10.6. The highest BCUT2D eigenvalue weighted by atomic mass is 32.2. The third-order valence-electron chi connectivity index (χ3n) is 1.10. The van der Waals surface area contributed by atoms with E-state index in [9.17, 15) is 8.42 Å². The molecule has 5 N–H and O–H groups in total. The van der Waals surface area contributed by atoms with Crippen molar-refractivity contribution in [3.05, 3.63) is 0 Å². The summed E-state index contributed by atoms with van der Waals surface area (Å²) in [5, 5.41) is 13.6. The Labute approximate surface area is 77.0 Å². The molecule has 0 radical (unpaired) electrons. The summed E-state index contributed by atoms with van der Waals surface area (Å²) in [6, 6.07) is 0. The van der Waals surface area contributed by atoms with Crippen molar-refractivity contribution in [1.82, 2.24) is 10.0 Å². The Hall–Kier alpha value is -0.860. The molecule has 0 aromatic heterocycles. The quantitative estimate of drug-likeness (QED) is 0.131. The lowest BCUT2D eigenvalue weighted by Gasteiger charge is -2.03. The van der Waals surface area contributed by atoms with Gasteiger partial charge in [0.2, 0.25) is 10.0 Å². The summed E-state index contributed by atoms with van der Waals surface area (Å²) in [5.41, 5.74) is 5.14. The van der Waals surface area contributed by atoms with E-state index in [2.05, 4.69) is 15.2 Å². The molecule has 0 aromatic rings. The van der Waals surface area contributed by atoms with Crippen LogP contribution in [0, 0.1) is 0 Å². The van der Waals surface area contributed by atoms with Crippen molar-refractivity contribution in [3.8, 4) is 0 Å². The van der Waals surface area contributed by atoms with Gasteiger partial charge in [-0.05, 0) is 0 Å². The van der Waals surface area contributed by atoms with Crippen molar-refractivity contribution >= 4 is 15.9 Å². The number of hydrogen-bond donors (Lipinski definition) is 4. The van der Waals surface area contributed by atoms with Crippen molar-refractivity contribution in [3.63, 3.8) is 0 Å². The fraction of sp³-hybridized carbons (Fsp3) is 0.800. The van der Waals surface area contributed by atoms with Crippen molar-refractivity contribution < 1.29 is 13.6 Å². The van der Waals surface area contributed by atoms with E-state index in [1.807, 2.05) is 0 Å². The molecule has 0 spiro atoms. The van der Waals surface area contributed by atoms with Crippen LogP contribution < -0.4 is 15.8 Å². The van der Waals surface area contributed by atoms with Crippen LogP contribution in [0.4, 0.5) is 0 Å². The molecule has 0 amide bonds. The summed E-state index contributed by atoms with van der Waals surface area (Å²) < 4.78 is 23.4. The molecule has 0 aliphatic carbocycles. The molecule has 0 aromatic carbocycles. The molecule has 0 saturated carbocycles. The number of sulfonamides is 1. The Morgan fingerprint density at radius 3 is 2.62 bits per heavy atom. The minimum Gasteiger partial charge on any atom is -0.409 e. The first kappa shape index (κ1) is 12.1. The summed E-state index contributed by atoms with van der Waals surface area (Å²) in [6.45, 7) is 0.919. The largest absolute Gasteiger partial charge is 0.409 e. The first-order chi connectivity index (χ1) is 5.95. The summed E-state index contributed by atoms with van der Waals surface area (Å²) in [4.78, 5) is 0. The zero-order chi connectivity index (χ0) is 10.3. The van der Waals surface area contributed by atoms with Gasteiger partial charge >= 0.3 is 0 Å². The number of oxime groups is 1. The molecular formula is C5H14N4O3S. The highest BCUT2D eigenvalue weighted by Crippen LogP contribution is 1.70. The molecule has 0 saturated heterocycles. The molecule has 0 bridgehead atoms. The standard InChI is InChI=1S/C5H14N4O3S/c1-13(11,12)8-3-2-7-4-5(6)9-10/h7-8,10H,2-4H2,1H3,(H2,6,9). The predicted octanol–water partition coefficient (Wildman–Crippen LogP) is -2.13. The fourth-order valence-electron chi connectivity index (χ4n) is 0.577. The van der Waals surface area contributed by atoms with Gasteiger partial charge in [-0.15, -0.1) is 0 Å². The van der Waals surface area contributed by atoms with Gasteiger partial charge in [0.1, 0.15) is 0 Å². The van der Waals surface area contributed by atoms with E-state index in [4.69, 9.17) is 10.9 Å². The highest BCUT2D eigenvalue weighted by molar-refractivity contribution is 7.88. The lowest BCUT2D eigenvalue weighted by molar-refractivity contribution is 0.317. The molecule has 78 valence electrons. The first-order valence-corrected chi connectivity index (χ1v) is 5.46. The van der Waals surface area contributed by atoms with E-state index in [-0.39, 0.29) is 18.9 Å². The first-order valence-electron chi connectivity index (χ1n) is 3.57. The third kappa shape index (κ3) is 9.05. The molecule has 13 heavy (non-hydrogen) atoms. The normalized spacial score (nSPS) is 13.2. The Morgan fingerprint density at radius 1 is 1.54 bits per heavy atom. The average molecular weight is 210 g/mol. The van der Waals surface area contributed by atoms with Crippen molar-refractivity contribution in [2.24, 2.45) is 10.9 Å². The van der Waals surface area contributed by atoms with Gasteiger partial charge in [-0.1, -0.05) is 5.16 Å².